The first-order valence-electron chi connectivity index (χ1n) is 7.93. The molecule has 0 radical (unpaired) electrons. The molecule has 0 fully saturated rings. The SMILES string of the molecule is N#Cc1cccc(NC(=O)COC(=O)Cn2nnc(-c3ccccc3)n2)c1. The molecule has 0 saturated carbocycles. The van der Waals surface area contributed by atoms with E-state index < -0.39 is 18.5 Å². The van der Waals surface area contributed by atoms with Crippen molar-refractivity contribution in [3.8, 4) is 17.5 Å². The highest BCUT2D eigenvalue weighted by Gasteiger charge is 2.12. The Labute approximate surface area is 154 Å². The lowest BCUT2D eigenvalue weighted by Gasteiger charge is -2.06. The maximum Gasteiger partial charge on any atom is 0.330 e. The zero-order valence-corrected chi connectivity index (χ0v) is 14.1. The van der Waals surface area contributed by atoms with Gasteiger partial charge in [-0.15, -0.1) is 10.2 Å². The molecule has 0 spiro atoms. The summed E-state index contributed by atoms with van der Waals surface area (Å²) < 4.78 is 4.91. The van der Waals surface area contributed by atoms with Crippen molar-refractivity contribution >= 4 is 17.6 Å². The van der Waals surface area contributed by atoms with E-state index in [-0.39, 0.29) is 6.54 Å². The van der Waals surface area contributed by atoms with E-state index >= 15 is 0 Å². The third kappa shape index (κ3) is 4.96. The molecule has 0 bridgehead atoms. The lowest BCUT2D eigenvalue weighted by molar-refractivity contribution is -0.148. The Morgan fingerprint density at radius 1 is 1.15 bits per heavy atom. The Kier molecular flexibility index (Phi) is 5.49. The van der Waals surface area contributed by atoms with Gasteiger partial charge in [-0.2, -0.15) is 10.1 Å². The lowest BCUT2D eigenvalue weighted by Crippen LogP contribution is -2.23. The summed E-state index contributed by atoms with van der Waals surface area (Å²) in [6, 6.07) is 17.6. The van der Waals surface area contributed by atoms with Gasteiger partial charge in [0.1, 0.15) is 0 Å². The van der Waals surface area contributed by atoms with Crippen LogP contribution >= 0.6 is 0 Å². The number of aromatic nitrogens is 4. The minimum Gasteiger partial charge on any atom is -0.454 e. The molecular weight excluding hydrogens is 348 g/mol. The molecule has 3 aromatic rings. The number of nitrogens with zero attached hydrogens (tertiary/aromatic N) is 5. The molecule has 1 aromatic heterocycles. The van der Waals surface area contributed by atoms with E-state index in [1.54, 1.807) is 18.2 Å². The van der Waals surface area contributed by atoms with Gasteiger partial charge in [-0.3, -0.25) is 4.79 Å². The van der Waals surface area contributed by atoms with E-state index in [0.29, 0.717) is 17.1 Å². The number of carbonyl (C=O) groups is 2. The summed E-state index contributed by atoms with van der Waals surface area (Å²) >= 11 is 0. The number of ether oxygens (including phenoxy) is 1. The summed E-state index contributed by atoms with van der Waals surface area (Å²) in [6.07, 6.45) is 0. The molecule has 0 atom stereocenters. The number of amides is 1. The number of anilines is 1. The minimum absolute atomic E-state index is 0.267. The molecule has 3 rings (SSSR count). The van der Waals surface area contributed by atoms with Crippen LogP contribution < -0.4 is 5.32 Å². The molecule has 1 heterocycles. The summed E-state index contributed by atoms with van der Waals surface area (Å²) in [5.41, 5.74) is 1.63. The van der Waals surface area contributed by atoms with Gasteiger partial charge in [0, 0.05) is 11.3 Å². The van der Waals surface area contributed by atoms with E-state index in [9.17, 15) is 9.59 Å². The van der Waals surface area contributed by atoms with Crippen molar-refractivity contribution in [2.45, 2.75) is 6.54 Å². The molecule has 0 aliphatic carbocycles. The average molecular weight is 362 g/mol. The van der Waals surface area contributed by atoms with E-state index in [2.05, 4.69) is 20.7 Å². The molecule has 0 aliphatic rings. The quantitative estimate of drug-likeness (QED) is 0.657. The molecule has 2 aromatic carbocycles. The van der Waals surface area contributed by atoms with E-state index in [0.717, 1.165) is 10.4 Å². The predicted octanol–water partition coefficient (Wildman–Crippen LogP) is 1.39. The number of esters is 1. The van der Waals surface area contributed by atoms with Crippen molar-refractivity contribution < 1.29 is 14.3 Å². The van der Waals surface area contributed by atoms with Crippen LogP contribution in [0, 0.1) is 11.3 Å². The van der Waals surface area contributed by atoms with Crippen LogP contribution in [0.25, 0.3) is 11.4 Å². The van der Waals surface area contributed by atoms with Crippen LogP contribution in [0.5, 0.6) is 0 Å². The normalized spacial score (nSPS) is 10.0. The molecule has 1 amide bonds. The number of benzene rings is 2. The van der Waals surface area contributed by atoms with Crippen LogP contribution in [-0.2, 0) is 20.9 Å². The fourth-order valence-electron chi connectivity index (χ4n) is 2.18. The van der Waals surface area contributed by atoms with Gasteiger partial charge in [-0.1, -0.05) is 36.4 Å². The second-order valence-electron chi connectivity index (χ2n) is 5.41. The number of nitriles is 1. The van der Waals surface area contributed by atoms with Gasteiger partial charge < -0.3 is 10.1 Å². The van der Waals surface area contributed by atoms with Crippen molar-refractivity contribution in [1.82, 2.24) is 20.2 Å². The minimum atomic E-state index is -0.673. The van der Waals surface area contributed by atoms with E-state index in [1.165, 1.54) is 6.07 Å². The first-order chi connectivity index (χ1) is 13.1. The summed E-state index contributed by atoms with van der Waals surface area (Å²) in [7, 11) is 0. The van der Waals surface area contributed by atoms with Crippen LogP contribution in [0.15, 0.2) is 54.6 Å². The highest BCUT2D eigenvalue weighted by molar-refractivity contribution is 5.92. The molecule has 134 valence electrons. The fraction of sp³-hybridized carbons (Fsp3) is 0.111. The number of carbonyl (C=O) groups excluding carboxylic acids is 2. The van der Waals surface area contributed by atoms with Gasteiger partial charge in [0.25, 0.3) is 5.91 Å². The fourth-order valence-corrected chi connectivity index (χ4v) is 2.18. The average Bonchev–Trinajstić information content (AvgIpc) is 3.15. The maximum absolute atomic E-state index is 11.8. The number of hydrogen-bond donors (Lipinski definition) is 1. The van der Waals surface area contributed by atoms with Crippen LogP contribution in [0.1, 0.15) is 5.56 Å². The van der Waals surface area contributed by atoms with Crippen LogP contribution in [-0.4, -0.2) is 38.7 Å². The number of tetrazole rings is 1. The van der Waals surface area contributed by atoms with E-state index in [1.807, 2.05) is 36.4 Å². The van der Waals surface area contributed by atoms with Crippen molar-refractivity contribution in [3.63, 3.8) is 0 Å². The van der Waals surface area contributed by atoms with Gasteiger partial charge in [0.05, 0.1) is 11.6 Å². The lowest BCUT2D eigenvalue weighted by atomic mass is 10.2. The summed E-state index contributed by atoms with van der Waals surface area (Å²) in [5, 5.41) is 23.1. The predicted molar refractivity (Wildman–Crippen MR) is 94.0 cm³/mol. The molecule has 1 N–H and O–H groups in total. The van der Waals surface area contributed by atoms with Gasteiger partial charge in [-0.05, 0) is 23.4 Å². The smallest absolute Gasteiger partial charge is 0.330 e. The number of nitrogens with one attached hydrogen (secondary N) is 1. The third-order valence-corrected chi connectivity index (χ3v) is 3.40. The highest BCUT2D eigenvalue weighted by atomic mass is 16.5. The zero-order valence-electron chi connectivity index (χ0n) is 14.1. The molecule has 9 heteroatoms. The topological polar surface area (TPSA) is 123 Å². The zero-order chi connectivity index (χ0) is 19.1. The van der Waals surface area contributed by atoms with Crippen LogP contribution in [0.4, 0.5) is 5.69 Å². The van der Waals surface area contributed by atoms with Gasteiger partial charge in [0.2, 0.25) is 5.82 Å². The summed E-state index contributed by atoms with van der Waals surface area (Å²) in [6.45, 7) is -0.729. The van der Waals surface area contributed by atoms with Crippen LogP contribution in [0.3, 0.4) is 0 Å². The second kappa shape index (κ2) is 8.35. The summed E-state index contributed by atoms with van der Waals surface area (Å²) in [4.78, 5) is 24.8. The maximum atomic E-state index is 11.8. The van der Waals surface area contributed by atoms with Crippen molar-refractivity contribution in [3.05, 3.63) is 60.2 Å². The molecule has 0 saturated heterocycles. The molecule has 0 aliphatic heterocycles. The molecule has 27 heavy (non-hydrogen) atoms. The Hall–Kier alpha value is -4.06. The first kappa shape index (κ1) is 17.8. The number of rotatable bonds is 6. The second-order valence-corrected chi connectivity index (χ2v) is 5.41. The molecular formula is C18H14N6O3. The van der Waals surface area contributed by atoms with Crippen molar-refractivity contribution in [1.29, 1.82) is 5.26 Å². The molecule has 0 unspecified atom stereocenters. The van der Waals surface area contributed by atoms with Gasteiger partial charge >= 0.3 is 5.97 Å². The van der Waals surface area contributed by atoms with Crippen molar-refractivity contribution in [2.75, 3.05) is 11.9 Å². The highest BCUT2D eigenvalue weighted by Crippen LogP contribution is 2.12. The van der Waals surface area contributed by atoms with Gasteiger partial charge in [0.15, 0.2) is 13.2 Å². The third-order valence-electron chi connectivity index (χ3n) is 3.40. The standard InChI is InChI=1S/C18H14N6O3/c19-10-13-5-4-8-15(9-13)20-16(25)12-27-17(26)11-24-22-18(21-23-24)14-6-2-1-3-7-14/h1-9H,11-12H2,(H,20,25). The monoisotopic (exact) mass is 362 g/mol. The Bertz CT molecular complexity index is 994. The van der Waals surface area contributed by atoms with Gasteiger partial charge in [-0.25, -0.2) is 4.79 Å². The molecule has 9 nitrogen and oxygen atoms in total. The van der Waals surface area contributed by atoms with Crippen LogP contribution in [0.2, 0.25) is 0 Å². The Balaban J connectivity index is 1.49. The Morgan fingerprint density at radius 2 is 1.96 bits per heavy atom. The largest absolute Gasteiger partial charge is 0.454 e. The Morgan fingerprint density at radius 3 is 2.74 bits per heavy atom. The van der Waals surface area contributed by atoms with Crippen molar-refractivity contribution in [2.24, 2.45) is 0 Å². The summed E-state index contributed by atoms with van der Waals surface area (Å²) in [5.74, 6) is -0.804. The first-order valence-corrected chi connectivity index (χ1v) is 7.93. The number of hydrogen-bond acceptors (Lipinski definition) is 7. The van der Waals surface area contributed by atoms with E-state index in [4.69, 9.17) is 10.00 Å².